The Morgan fingerprint density at radius 2 is 2.17 bits per heavy atom. The third kappa shape index (κ3) is 2.43. The molecule has 0 aliphatic carbocycles. The maximum Gasteiger partial charge on any atom is 0.148 e. The van der Waals surface area contributed by atoms with E-state index in [0.29, 0.717) is 12.7 Å². The van der Waals surface area contributed by atoms with Crippen LogP contribution >= 0.6 is 15.9 Å². The number of carbonyl (C=O) groups is 1. The number of hydrogen-bond acceptors (Lipinski definition) is 2. The molecular formula is C9H9BrO2. The molecule has 0 radical (unpaired) electrons. The normalized spacial score (nSPS) is 12.5. The van der Waals surface area contributed by atoms with Crippen molar-refractivity contribution >= 4 is 22.2 Å². The van der Waals surface area contributed by atoms with Crippen LogP contribution in [-0.2, 0) is 11.2 Å². The summed E-state index contributed by atoms with van der Waals surface area (Å²) in [5.74, 6) is 0. The van der Waals surface area contributed by atoms with Crippen molar-refractivity contribution in [2.75, 3.05) is 0 Å². The van der Waals surface area contributed by atoms with E-state index in [2.05, 4.69) is 15.9 Å². The Morgan fingerprint density at radius 1 is 1.50 bits per heavy atom. The molecule has 1 aromatic carbocycles. The molecule has 1 unspecified atom stereocenters. The smallest absolute Gasteiger partial charge is 0.148 e. The Balaban J connectivity index is 2.75. The summed E-state index contributed by atoms with van der Waals surface area (Å²) < 4.78 is 0.922. The van der Waals surface area contributed by atoms with Crippen LogP contribution in [0.3, 0.4) is 0 Å². The zero-order valence-electron chi connectivity index (χ0n) is 6.40. The van der Waals surface area contributed by atoms with E-state index in [-0.39, 0.29) is 0 Å². The average molecular weight is 229 g/mol. The van der Waals surface area contributed by atoms with Gasteiger partial charge in [-0.1, -0.05) is 34.1 Å². The molecule has 0 aromatic heterocycles. The average Bonchev–Trinajstić information content (AvgIpc) is 2.09. The predicted octanol–water partition coefficient (Wildman–Crippen LogP) is 1.55. The minimum absolute atomic E-state index is 0.366. The largest absolute Gasteiger partial charge is 0.385 e. The van der Waals surface area contributed by atoms with Crippen LogP contribution in [-0.4, -0.2) is 17.5 Å². The van der Waals surface area contributed by atoms with Crippen LogP contribution < -0.4 is 0 Å². The molecular weight excluding hydrogens is 220 g/mol. The number of benzene rings is 1. The molecule has 64 valence electrons. The van der Waals surface area contributed by atoms with Gasteiger partial charge in [0.05, 0.1) is 0 Å². The molecule has 3 heteroatoms. The molecule has 1 N–H and O–H groups in total. The molecule has 0 saturated heterocycles. The number of rotatable bonds is 3. The van der Waals surface area contributed by atoms with E-state index in [1.807, 2.05) is 24.3 Å². The van der Waals surface area contributed by atoms with Gasteiger partial charge >= 0.3 is 0 Å². The topological polar surface area (TPSA) is 37.3 Å². The van der Waals surface area contributed by atoms with Gasteiger partial charge in [0.25, 0.3) is 0 Å². The minimum Gasteiger partial charge on any atom is -0.385 e. The highest BCUT2D eigenvalue weighted by Gasteiger charge is 2.05. The molecule has 1 rings (SSSR count). The third-order valence-corrected chi connectivity index (χ3v) is 2.32. The fourth-order valence-electron chi connectivity index (χ4n) is 0.937. The van der Waals surface area contributed by atoms with Gasteiger partial charge in [0.2, 0.25) is 0 Å². The molecule has 1 aromatic rings. The second kappa shape index (κ2) is 4.38. The van der Waals surface area contributed by atoms with Gasteiger partial charge in [0.15, 0.2) is 0 Å². The molecule has 0 spiro atoms. The lowest BCUT2D eigenvalue weighted by Gasteiger charge is -2.04. The SMILES string of the molecule is O=CC(O)Cc1ccccc1Br. The summed E-state index contributed by atoms with van der Waals surface area (Å²) in [6.07, 6.45) is 0.00775. The van der Waals surface area contributed by atoms with Crippen molar-refractivity contribution in [3.05, 3.63) is 34.3 Å². The molecule has 0 fully saturated rings. The highest BCUT2D eigenvalue weighted by atomic mass is 79.9. The van der Waals surface area contributed by atoms with Crippen molar-refractivity contribution < 1.29 is 9.90 Å². The van der Waals surface area contributed by atoms with Gasteiger partial charge < -0.3 is 9.90 Å². The monoisotopic (exact) mass is 228 g/mol. The second-order valence-corrected chi connectivity index (χ2v) is 3.35. The summed E-state index contributed by atoms with van der Waals surface area (Å²) in [5, 5.41) is 9.05. The fourth-order valence-corrected chi connectivity index (χ4v) is 1.38. The van der Waals surface area contributed by atoms with E-state index < -0.39 is 6.10 Å². The van der Waals surface area contributed by atoms with Gasteiger partial charge in [-0.05, 0) is 11.6 Å². The Kier molecular flexibility index (Phi) is 3.44. The molecule has 0 saturated carbocycles. The van der Waals surface area contributed by atoms with Gasteiger partial charge in [0, 0.05) is 10.9 Å². The van der Waals surface area contributed by atoms with E-state index >= 15 is 0 Å². The van der Waals surface area contributed by atoms with Crippen molar-refractivity contribution in [1.29, 1.82) is 0 Å². The van der Waals surface area contributed by atoms with Crippen molar-refractivity contribution in [2.24, 2.45) is 0 Å². The lowest BCUT2D eigenvalue weighted by Crippen LogP contribution is -2.11. The van der Waals surface area contributed by atoms with Gasteiger partial charge in [0.1, 0.15) is 12.4 Å². The van der Waals surface area contributed by atoms with E-state index in [1.165, 1.54) is 0 Å². The zero-order chi connectivity index (χ0) is 8.97. The van der Waals surface area contributed by atoms with Gasteiger partial charge in [-0.2, -0.15) is 0 Å². The third-order valence-electron chi connectivity index (χ3n) is 1.54. The van der Waals surface area contributed by atoms with Gasteiger partial charge in [-0.15, -0.1) is 0 Å². The Bertz CT molecular complexity index is 273. The molecule has 0 bridgehead atoms. The number of aldehydes is 1. The standard InChI is InChI=1S/C9H9BrO2/c10-9-4-2-1-3-7(9)5-8(12)6-11/h1-4,6,8,12H,5H2. The summed E-state index contributed by atoms with van der Waals surface area (Å²) >= 11 is 3.33. The van der Waals surface area contributed by atoms with Crippen LogP contribution in [0.4, 0.5) is 0 Å². The summed E-state index contributed by atoms with van der Waals surface area (Å²) in [7, 11) is 0. The number of hydrogen-bond donors (Lipinski definition) is 1. The molecule has 0 amide bonds. The van der Waals surface area contributed by atoms with Crippen molar-refractivity contribution in [3.8, 4) is 0 Å². The number of aliphatic hydroxyl groups excluding tert-OH is 1. The lowest BCUT2D eigenvalue weighted by atomic mass is 10.1. The molecule has 2 nitrogen and oxygen atoms in total. The highest BCUT2D eigenvalue weighted by Crippen LogP contribution is 2.16. The fraction of sp³-hybridized carbons (Fsp3) is 0.222. The summed E-state index contributed by atoms with van der Waals surface area (Å²) in [5.41, 5.74) is 0.942. The molecule has 0 aliphatic rings. The van der Waals surface area contributed by atoms with E-state index in [4.69, 9.17) is 5.11 Å². The van der Waals surface area contributed by atoms with Crippen LogP contribution in [0.1, 0.15) is 5.56 Å². The first-order valence-corrected chi connectivity index (χ1v) is 4.40. The molecule has 1 atom stereocenters. The Morgan fingerprint density at radius 3 is 2.75 bits per heavy atom. The second-order valence-electron chi connectivity index (χ2n) is 2.50. The predicted molar refractivity (Wildman–Crippen MR) is 49.9 cm³/mol. The van der Waals surface area contributed by atoms with E-state index in [0.717, 1.165) is 10.0 Å². The Hall–Kier alpha value is -0.670. The quantitative estimate of drug-likeness (QED) is 0.798. The zero-order valence-corrected chi connectivity index (χ0v) is 7.99. The Labute approximate surface area is 79.3 Å². The number of carbonyl (C=O) groups excluding carboxylic acids is 1. The van der Waals surface area contributed by atoms with Crippen LogP contribution in [0.5, 0.6) is 0 Å². The van der Waals surface area contributed by atoms with Gasteiger partial charge in [-0.3, -0.25) is 0 Å². The maximum absolute atomic E-state index is 10.2. The lowest BCUT2D eigenvalue weighted by molar-refractivity contribution is -0.114. The number of aliphatic hydroxyl groups is 1. The van der Waals surface area contributed by atoms with Crippen LogP contribution in [0.25, 0.3) is 0 Å². The maximum atomic E-state index is 10.2. The molecule has 0 aliphatic heterocycles. The van der Waals surface area contributed by atoms with Gasteiger partial charge in [-0.25, -0.2) is 0 Å². The van der Waals surface area contributed by atoms with Crippen LogP contribution in [0, 0.1) is 0 Å². The van der Waals surface area contributed by atoms with E-state index in [9.17, 15) is 4.79 Å². The molecule has 0 heterocycles. The van der Waals surface area contributed by atoms with Crippen molar-refractivity contribution in [3.63, 3.8) is 0 Å². The minimum atomic E-state index is -0.899. The van der Waals surface area contributed by atoms with Crippen molar-refractivity contribution in [2.45, 2.75) is 12.5 Å². The highest BCUT2D eigenvalue weighted by molar-refractivity contribution is 9.10. The van der Waals surface area contributed by atoms with Crippen LogP contribution in [0.15, 0.2) is 28.7 Å². The molecule has 12 heavy (non-hydrogen) atoms. The first-order valence-electron chi connectivity index (χ1n) is 3.61. The van der Waals surface area contributed by atoms with Crippen LogP contribution in [0.2, 0.25) is 0 Å². The summed E-state index contributed by atoms with van der Waals surface area (Å²) in [4.78, 5) is 10.2. The first kappa shape index (κ1) is 9.42. The summed E-state index contributed by atoms with van der Waals surface area (Å²) in [6.45, 7) is 0. The number of halogens is 1. The van der Waals surface area contributed by atoms with E-state index in [1.54, 1.807) is 0 Å². The van der Waals surface area contributed by atoms with Crippen molar-refractivity contribution in [1.82, 2.24) is 0 Å². The first-order chi connectivity index (χ1) is 5.74. The summed E-state index contributed by atoms with van der Waals surface area (Å²) in [6, 6.07) is 7.52.